The number of hydrogen-bond donors (Lipinski definition) is 4. The normalized spacial score (nSPS) is 35.3. The standard InChI is InChI=1S/C19H23N5O3/c20-6-10-7-24(14-12-5-19(12,8-25)16(27)15(14)26)18-13(10)17(21-9-22-18)23-11-3-1-2-4-11/h7,9,11-12,14-16,25-27H,1-5,8H2,(H,21,22,23)/t12-,14-,15+,16+,19+/m1/s1. The lowest BCUT2D eigenvalue weighted by atomic mass is 10.0. The smallest absolute Gasteiger partial charge is 0.147 e. The van der Waals surface area contributed by atoms with Gasteiger partial charge in [0.05, 0.1) is 29.7 Å². The Labute approximate surface area is 156 Å². The van der Waals surface area contributed by atoms with Crippen molar-refractivity contribution in [3.8, 4) is 6.07 Å². The molecule has 5 atom stereocenters. The van der Waals surface area contributed by atoms with Crippen LogP contribution < -0.4 is 5.32 Å². The van der Waals surface area contributed by atoms with Crippen LogP contribution in [-0.2, 0) is 0 Å². The highest BCUT2D eigenvalue weighted by molar-refractivity contribution is 5.93. The second kappa shape index (κ2) is 5.89. The van der Waals surface area contributed by atoms with Gasteiger partial charge in [0, 0.05) is 17.7 Å². The molecule has 0 spiro atoms. The zero-order chi connectivity index (χ0) is 18.8. The first-order valence-corrected chi connectivity index (χ1v) is 9.60. The van der Waals surface area contributed by atoms with E-state index in [1.54, 1.807) is 10.8 Å². The van der Waals surface area contributed by atoms with Crippen LogP contribution in [0.25, 0.3) is 11.0 Å². The quantitative estimate of drug-likeness (QED) is 0.631. The maximum Gasteiger partial charge on any atom is 0.147 e. The first kappa shape index (κ1) is 16.9. The minimum Gasteiger partial charge on any atom is -0.396 e. The molecule has 0 aromatic carbocycles. The Balaban J connectivity index is 1.59. The maximum absolute atomic E-state index is 10.6. The number of hydrogen-bond acceptors (Lipinski definition) is 7. The van der Waals surface area contributed by atoms with Gasteiger partial charge in [0.15, 0.2) is 0 Å². The number of aliphatic hydroxyl groups is 3. The fourth-order valence-electron chi connectivity index (χ4n) is 5.32. The SMILES string of the molecule is N#Cc1cn([C@H]2[C@H](O)[C@H](O)[C@]3(CO)C[C@H]23)c2ncnc(NC3CCCC3)c12. The second-order valence-corrected chi connectivity index (χ2v) is 8.24. The van der Waals surface area contributed by atoms with E-state index in [0.29, 0.717) is 34.9 Å². The minimum absolute atomic E-state index is 0.0316. The first-order valence-electron chi connectivity index (χ1n) is 9.60. The molecular formula is C19H23N5O3. The number of anilines is 1. The Bertz CT molecular complexity index is 931. The van der Waals surface area contributed by atoms with Crippen LogP contribution >= 0.6 is 0 Å². The number of rotatable bonds is 4. The lowest BCUT2D eigenvalue weighted by molar-refractivity contribution is -0.0300. The van der Waals surface area contributed by atoms with E-state index < -0.39 is 23.7 Å². The molecule has 8 heteroatoms. The summed E-state index contributed by atoms with van der Waals surface area (Å²) in [4.78, 5) is 8.77. The molecule has 2 aromatic heterocycles. The molecule has 0 saturated heterocycles. The topological polar surface area (TPSA) is 127 Å². The molecule has 0 radical (unpaired) electrons. The number of aromatic nitrogens is 3. The zero-order valence-electron chi connectivity index (χ0n) is 14.9. The molecule has 2 aromatic rings. The van der Waals surface area contributed by atoms with Crippen molar-refractivity contribution in [1.82, 2.24) is 14.5 Å². The van der Waals surface area contributed by atoms with Crippen molar-refractivity contribution in [3.05, 3.63) is 18.1 Å². The summed E-state index contributed by atoms with van der Waals surface area (Å²) in [5.41, 5.74) is 0.403. The third kappa shape index (κ3) is 2.25. The summed E-state index contributed by atoms with van der Waals surface area (Å²) >= 11 is 0. The van der Waals surface area contributed by atoms with Crippen molar-refractivity contribution in [3.63, 3.8) is 0 Å². The van der Waals surface area contributed by atoms with Gasteiger partial charge >= 0.3 is 0 Å². The largest absolute Gasteiger partial charge is 0.396 e. The maximum atomic E-state index is 10.6. The fraction of sp³-hybridized carbons (Fsp3) is 0.632. The van der Waals surface area contributed by atoms with Crippen LogP contribution in [0.1, 0.15) is 43.7 Å². The zero-order valence-corrected chi connectivity index (χ0v) is 14.9. The molecule has 27 heavy (non-hydrogen) atoms. The van der Waals surface area contributed by atoms with E-state index in [-0.39, 0.29) is 12.5 Å². The van der Waals surface area contributed by atoms with Gasteiger partial charge in [-0.2, -0.15) is 5.26 Å². The van der Waals surface area contributed by atoms with Crippen molar-refractivity contribution in [2.24, 2.45) is 11.3 Å². The molecule has 0 aliphatic heterocycles. The molecule has 8 nitrogen and oxygen atoms in total. The summed E-state index contributed by atoms with van der Waals surface area (Å²) < 4.78 is 1.80. The van der Waals surface area contributed by atoms with Gasteiger partial charge in [0.25, 0.3) is 0 Å². The Morgan fingerprint density at radius 1 is 1.30 bits per heavy atom. The van der Waals surface area contributed by atoms with E-state index in [4.69, 9.17) is 0 Å². The van der Waals surface area contributed by atoms with Gasteiger partial charge in [-0.25, -0.2) is 9.97 Å². The Morgan fingerprint density at radius 3 is 2.74 bits per heavy atom. The van der Waals surface area contributed by atoms with Gasteiger partial charge in [-0.3, -0.25) is 0 Å². The molecular weight excluding hydrogens is 346 g/mol. The van der Waals surface area contributed by atoms with Crippen LogP contribution in [0.2, 0.25) is 0 Å². The summed E-state index contributed by atoms with van der Waals surface area (Å²) in [6.45, 7) is -0.153. The van der Waals surface area contributed by atoms with Crippen molar-refractivity contribution in [2.75, 3.05) is 11.9 Å². The number of nitriles is 1. The lowest BCUT2D eigenvalue weighted by Crippen LogP contribution is -2.35. The Kier molecular flexibility index (Phi) is 3.69. The highest BCUT2D eigenvalue weighted by Crippen LogP contribution is 2.67. The molecule has 0 unspecified atom stereocenters. The van der Waals surface area contributed by atoms with Crippen molar-refractivity contribution < 1.29 is 15.3 Å². The number of nitrogens with one attached hydrogen (secondary N) is 1. The molecule has 2 heterocycles. The molecule has 5 rings (SSSR count). The Morgan fingerprint density at radius 2 is 2.07 bits per heavy atom. The van der Waals surface area contributed by atoms with Crippen LogP contribution in [0.5, 0.6) is 0 Å². The van der Waals surface area contributed by atoms with E-state index in [1.807, 2.05) is 0 Å². The molecule has 0 amide bonds. The predicted octanol–water partition coefficient (Wildman–Crippen LogP) is 0.933. The van der Waals surface area contributed by atoms with Crippen LogP contribution in [0.4, 0.5) is 5.82 Å². The van der Waals surface area contributed by atoms with Gasteiger partial charge in [-0.1, -0.05) is 12.8 Å². The van der Waals surface area contributed by atoms with Gasteiger partial charge in [-0.05, 0) is 25.2 Å². The van der Waals surface area contributed by atoms with Crippen molar-refractivity contribution in [1.29, 1.82) is 5.26 Å². The fourth-order valence-corrected chi connectivity index (χ4v) is 5.32. The van der Waals surface area contributed by atoms with Gasteiger partial charge < -0.3 is 25.2 Å². The van der Waals surface area contributed by atoms with Crippen LogP contribution in [0.15, 0.2) is 12.5 Å². The van der Waals surface area contributed by atoms with Crippen LogP contribution in [0, 0.1) is 22.7 Å². The van der Waals surface area contributed by atoms with E-state index in [9.17, 15) is 20.6 Å². The molecule has 3 aliphatic rings. The predicted molar refractivity (Wildman–Crippen MR) is 96.8 cm³/mol. The lowest BCUT2D eigenvalue weighted by Gasteiger charge is -2.24. The van der Waals surface area contributed by atoms with Crippen LogP contribution in [0.3, 0.4) is 0 Å². The highest BCUT2D eigenvalue weighted by Gasteiger charge is 2.71. The molecule has 3 fully saturated rings. The third-order valence-electron chi connectivity index (χ3n) is 6.89. The van der Waals surface area contributed by atoms with E-state index in [1.165, 1.54) is 19.2 Å². The number of nitrogens with zero attached hydrogens (tertiary/aromatic N) is 4. The van der Waals surface area contributed by atoms with Gasteiger partial charge in [0.2, 0.25) is 0 Å². The molecule has 3 aliphatic carbocycles. The molecule has 3 saturated carbocycles. The van der Waals surface area contributed by atoms with Gasteiger partial charge in [0.1, 0.15) is 30.0 Å². The van der Waals surface area contributed by atoms with Crippen LogP contribution in [-0.4, -0.2) is 54.7 Å². The first-order chi connectivity index (χ1) is 13.1. The average Bonchev–Trinajstić information content (AvgIpc) is 2.96. The van der Waals surface area contributed by atoms with E-state index in [0.717, 1.165) is 12.8 Å². The Hall–Kier alpha value is -2.21. The third-order valence-corrected chi connectivity index (χ3v) is 6.89. The molecule has 142 valence electrons. The summed E-state index contributed by atoms with van der Waals surface area (Å²) in [5, 5.41) is 44.6. The van der Waals surface area contributed by atoms with Crippen molar-refractivity contribution >= 4 is 16.9 Å². The number of aliphatic hydroxyl groups excluding tert-OH is 3. The molecule has 0 bridgehead atoms. The second-order valence-electron chi connectivity index (χ2n) is 8.24. The van der Waals surface area contributed by atoms with E-state index >= 15 is 0 Å². The number of fused-ring (bicyclic) bond motifs is 2. The summed E-state index contributed by atoms with van der Waals surface area (Å²) in [6, 6.07) is 2.16. The van der Waals surface area contributed by atoms with Crippen molar-refractivity contribution in [2.45, 2.75) is 56.4 Å². The summed E-state index contributed by atoms with van der Waals surface area (Å²) in [5.74, 6) is 0.621. The minimum atomic E-state index is -1.00. The monoisotopic (exact) mass is 369 g/mol. The highest BCUT2D eigenvalue weighted by atomic mass is 16.3. The van der Waals surface area contributed by atoms with Gasteiger partial charge in [-0.15, -0.1) is 0 Å². The molecule has 4 N–H and O–H groups in total. The van der Waals surface area contributed by atoms with E-state index in [2.05, 4.69) is 21.4 Å². The average molecular weight is 369 g/mol. The summed E-state index contributed by atoms with van der Waals surface area (Å²) in [6.07, 6.45) is 6.41. The summed E-state index contributed by atoms with van der Waals surface area (Å²) in [7, 11) is 0.